The number of thiazole rings is 1. The van der Waals surface area contributed by atoms with Gasteiger partial charge in [-0.2, -0.15) is 0 Å². The van der Waals surface area contributed by atoms with Gasteiger partial charge in [0.25, 0.3) is 0 Å². The lowest BCUT2D eigenvalue weighted by Gasteiger charge is -2.25. The molecule has 2 heterocycles. The van der Waals surface area contributed by atoms with Crippen molar-refractivity contribution in [2.75, 3.05) is 31.9 Å². The minimum atomic E-state index is 0. The average Bonchev–Trinajstić information content (AvgIpc) is 3.12. The van der Waals surface area contributed by atoms with Crippen molar-refractivity contribution >= 4 is 40.2 Å². The molecule has 0 aliphatic carbocycles. The van der Waals surface area contributed by atoms with Crippen LogP contribution in [0.25, 0.3) is 0 Å². The number of nitrogens with two attached hydrogens (primary N) is 1. The third-order valence-electron chi connectivity index (χ3n) is 3.54. The van der Waals surface area contributed by atoms with Gasteiger partial charge in [-0.1, -0.05) is 19.9 Å². The van der Waals surface area contributed by atoms with E-state index in [1.54, 1.807) is 11.3 Å². The van der Waals surface area contributed by atoms with Crippen molar-refractivity contribution in [3.8, 4) is 0 Å². The van der Waals surface area contributed by atoms with Gasteiger partial charge >= 0.3 is 0 Å². The Labute approximate surface area is 147 Å². The third kappa shape index (κ3) is 6.22. The normalized spacial score (nSPS) is 11.1. The topological polar surface area (TPSA) is 45.4 Å². The van der Waals surface area contributed by atoms with Crippen molar-refractivity contribution in [3.05, 3.63) is 33.5 Å². The maximum absolute atomic E-state index is 5.74. The second kappa shape index (κ2) is 10.2. The summed E-state index contributed by atoms with van der Waals surface area (Å²) in [5.74, 6) is 0. The average molecular weight is 361 g/mol. The van der Waals surface area contributed by atoms with E-state index >= 15 is 0 Å². The highest BCUT2D eigenvalue weighted by atomic mass is 35.5. The molecule has 0 aromatic carbocycles. The summed E-state index contributed by atoms with van der Waals surface area (Å²) < 4.78 is 0. The van der Waals surface area contributed by atoms with Crippen LogP contribution in [0.15, 0.2) is 23.7 Å². The number of likely N-dealkylation sites (N-methyl/N-ethyl adjacent to an activating group) is 1. The molecule has 0 unspecified atom stereocenters. The van der Waals surface area contributed by atoms with Crippen molar-refractivity contribution in [2.24, 2.45) is 0 Å². The summed E-state index contributed by atoms with van der Waals surface area (Å²) in [6.45, 7) is 10.7. The number of anilines is 1. The molecule has 0 aliphatic rings. The number of halogens is 1. The van der Waals surface area contributed by atoms with Gasteiger partial charge in [0.15, 0.2) is 5.13 Å². The number of nitrogens with zero attached hydrogens (tertiary/aromatic N) is 3. The second-order valence-corrected chi connectivity index (χ2v) is 7.16. The smallest absolute Gasteiger partial charge is 0.180 e. The molecule has 0 fully saturated rings. The molecular formula is C15H25ClN4S2. The fourth-order valence-electron chi connectivity index (χ4n) is 2.28. The summed E-state index contributed by atoms with van der Waals surface area (Å²) in [6.07, 6.45) is 1.90. The van der Waals surface area contributed by atoms with E-state index in [-0.39, 0.29) is 12.4 Å². The Hall–Kier alpha value is -0.660. The van der Waals surface area contributed by atoms with Gasteiger partial charge in [0.05, 0.1) is 0 Å². The quantitative estimate of drug-likeness (QED) is 0.742. The van der Waals surface area contributed by atoms with Gasteiger partial charge in [0.2, 0.25) is 0 Å². The van der Waals surface area contributed by atoms with Crippen LogP contribution in [0.1, 0.15) is 23.6 Å². The SMILES string of the molecule is CCN(CC)CCN(Cc1cccs1)Cc1cnc(N)s1.Cl. The molecule has 2 N–H and O–H groups in total. The summed E-state index contributed by atoms with van der Waals surface area (Å²) in [7, 11) is 0. The van der Waals surface area contributed by atoms with Crippen LogP contribution in [0.4, 0.5) is 5.13 Å². The number of nitrogen functional groups attached to an aromatic ring is 1. The van der Waals surface area contributed by atoms with Crippen LogP contribution in [0.2, 0.25) is 0 Å². The number of hydrogen-bond acceptors (Lipinski definition) is 6. The number of thiophene rings is 1. The van der Waals surface area contributed by atoms with E-state index in [1.807, 2.05) is 17.5 Å². The molecule has 124 valence electrons. The Bertz CT molecular complexity index is 511. The fourth-order valence-corrected chi connectivity index (χ4v) is 3.75. The zero-order valence-corrected chi connectivity index (χ0v) is 15.6. The molecule has 7 heteroatoms. The third-order valence-corrected chi connectivity index (χ3v) is 5.21. The van der Waals surface area contributed by atoms with Crippen LogP contribution in [-0.4, -0.2) is 41.0 Å². The zero-order chi connectivity index (χ0) is 15.1. The maximum atomic E-state index is 5.74. The Morgan fingerprint density at radius 3 is 2.32 bits per heavy atom. The Morgan fingerprint density at radius 2 is 1.77 bits per heavy atom. The first-order valence-electron chi connectivity index (χ1n) is 7.38. The van der Waals surface area contributed by atoms with Gasteiger partial charge in [0.1, 0.15) is 0 Å². The van der Waals surface area contributed by atoms with Crippen LogP contribution in [0.5, 0.6) is 0 Å². The van der Waals surface area contributed by atoms with Crippen molar-refractivity contribution in [1.29, 1.82) is 0 Å². The van der Waals surface area contributed by atoms with Crippen LogP contribution < -0.4 is 5.73 Å². The summed E-state index contributed by atoms with van der Waals surface area (Å²) in [5.41, 5.74) is 5.74. The number of rotatable bonds is 9. The zero-order valence-electron chi connectivity index (χ0n) is 13.2. The molecule has 0 atom stereocenters. The molecule has 0 amide bonds. The van der Waals surface area contributed by atoms with Crippen molar-refractivity contribution in [2.45, 2.75) is 26.9 Å². The number of hydrogen-bond donors (Lipinski definition) is 1. The van der Waals surface area contributed by atoms with Gasteiger partial charge in [-0.15, -0.1) is 35.1 Å². The summed E-state index contributed by atoms with van der Waals surface area (Å²) >= 11 is 3.41. The fraction of sp³-hybridized carbons (Fsp3) is 0.533. The van der Waals surface area contributed by atoms with Crippen LogP contribution in [0.3, 0.4) is 0 Å². The monoisotopic (exact) mass is 360 g/mol. The van der Waals surface area contributed by atoms with Gasteiger partial charge in [-0.05, 0) is 24.5 Å². The lowest BCUT2D eigenvalue weighted by molar-refractivity contribution is 0.204. The molecule has 22 heavy (non-hydrogen) atoms. The summed E-state index contributed by atoms with van der Waals surface area (Å²) in [5, 5.41) is 2.80. The lowest BCUT2D eigenvalue weighted by Crippen LogP contribution is -2.34. The van der Waals surface area contributed by atoms with Gasteiger partial charge in [-0.25, -0.2) is 4.98 Å². The van der Waals surface area contributed by atoms with Crippen molar-refractivity contribution in [3.63, 3.8) is 0 Å². The Kier molecular flexibility index (Phi) is 8.97. The van der Waals surface area contributed by atoms with E-state index in [2.05, 4.69) is 46.1 Å². The summed E-state index contributed by atoms with van der Waals surface area (Å²) in [4.78, 5) is 11.7. The minimum Gasteiger partial charge on any atom is -0.375 e. The van der Waals surface area contributed by atoms with Crippen molar-refractivity contribution in [1.82, 2.24) is 14.8 Å². The molecule has 0 saturated carbocycles. The molecule has 0 radical (unpaired) electrons. The minimum absolute atomic E-state index is 0. The molecule has 0 saturated heterocycles. The van der Waals surface area contributed by atoms with E-state index in [0.29, 0.717) is 5.13 Å². The summed E-state index contributed by atoms with van der Waals surface area (Å²) in [6, 6.07) is 4.32. The first kappa shape index (κ1) is 19.4. The standard InChI is InChI=1S/C15H24N4S2.ClH/c1-3-18(4-2)7-8-19(11-13-6-5-9-20-13)12-14-10-17-15(16)21-14;/h5-6,9-10H,3-4,7-8,11-12H2,1-2H3,(H2,16,17);1H. The predicted molar refractivity (Wildman–Crippen MR) is 100.0 cm³/mol. The highest BCUT2D eigenvalue weighted by Crippen LogP contribution is 2.19. The molecule has 0 spiro atoms. The van der Waals surface area contributed by atoms with Crippen LogP contribution >= 0.6 is 35.1 Å². The molecule has 0 aliphatic heterocycles. The molecule has 0 bridgehead atoms. The second-order valence-electron chi connectivity index (χ2n) is 4.98. The Morgan fingerprint density at radius 1 is 1.09 bits per heavy atom. The molecule has 2 aromatic heterocycles. The molecule has 2 rings (SSSR count). The first-order valence-corrected chi connectivity index (χ1v) is 9.08. The van der Waals surface area contributed by atoms with Gasteiger partial charge in [-0.3, -0.25) is 4.90 Å². The first-order chi connectivity index (χ1) is 10.2. The van der Waals surface area contributed by atoms with E-state index in [4.69, 9.17) is 5.73 Å². The maximum Gasteiger partial charge on any atom is 0.180 e. The molecule has 4 nitrogen and oxygen atoms in total. The largest absolute Gasteiger partial charge is 0.375 e. The van der Waals surface area contributed by atoms with Gasteiger partial charge in [0, 0.05) is 42.1 Å². The Balaban J connectivity index is 0.00000242. The molecule has 2 aromatic rings. The van der Waals surface area contributed by atoms with Crippen molar-refractivity contribution < 1.29 is 0 Å². The predicted octanol–water partition coefficient (Wildman–Crippen LogP) is 3.55. The lowest BCUT2D eigenvalue weighted by atomic mass is 10.3. The van der Waals surface area contributed by atoms with E-state index < -0.39 is 0 Å². The highest BCUT2D eigenvalue weighted by Gasteiger charge is 2.11. The molecular weight excluding hydrogens is 336 g/mol. The van der Waals surface area contributed by atoms with Crippen LogP contribution in [0, 0.1) is 0 Å². The number of aromatic nitrogens is 1. The van der Waals surface area contributed by atoms with E-state index in [1.165, 1.54) is 9.75 Å². The van der Waals surface area contributed by atoms with Gasteiger partial charge < -0.3 is 10.6 Å². The van der Waals surface area contributed by atoms with E-state index in [9.17, 15) is 0 Å². The van der Waals surface area contributed by atoms with Crippen LogP contribution in [-0.2, 0) is 13.1 Å². The van der Waals surface area contributed by atoms with E-state index in [0.717, 1.165) is 39.3 Å². The highest BCUT2D eigenvalue weighted by molar-refractivity contribution is 7.15.